The number of alkyl halides is 1. The van der Waals surface area contributed by atoms with Gasteiger partial charge in [0, 0.05) is 17.4 Å². The van der Waals surface area contributed by atoms with Crippen molar-refractivity contribution in [2.45, 2.75) is 26.7 Å². The van der Waals surface area contributed by atoms with E-state index in [1.807, 2.05) is 18.2 Å². The first kappa shape index (κ1) is 15.3. The van der Waals surface area contributed by atoms with E-state index in [9.17, 15) is 4.79 Å². The van der Waals surface area contributed by atoms with Crippen LogP contribution in [0.2, 0.25) is 5.02 Å². The quantitative estimate of drug-likeness (QED) is 0.795. The lowest BCUT2D eigenvalue weighted by Crippen LogP contribution is -2.35. The van der Waals surface area contributed by atoms with Gasteiger partial charge in [-0.05, 0) is 29.5 Å². The first-order valence-corrected chi connectivity index (χ1v) is 6.91. The van der Waals surface area contributed by atoms with Crippen molar-refractivity contribution in [2.75, 3.05) is 12.4 Å². The molecule has 0 saturated carbocycles. The van der Waals surface area contributed by atoms with Crippen LogP contribution in [-0.2, 0) is 11.2 Å². The third kappa shape index (κ3) is 5.74. The van der Waals surface area contributed by atoms with E-state index in [-0.39, 0.29) is 11.3 Å². The Morgan fingerprint density at radius 3 is 2.72 bits per heavy atom. The van der Waals surface area contributed by atoms with Gasteiger partial charge in [0.25, 0.3) is 0 Å². The van der Waals surface area contributed by atoms with Crippen LogP contribution in [0.15, 0.2) is 24.3 Å². The van der Waals surface area contributed by atoms with Crippen molar-refractivity contribution in [1.29, 1.82) is 0 Å². The minimum atomic E-state index is 0.0138. The van der Waals surface area contributed by atoms with Crippen molar-refractivity contribution in [3.8, 4) is 0 Å². The van der Waals surface area contributed by atoms with Crippen LogP contribution in [0, 0.1) is 5.41 Å². The Morgan fingerprint density at radius 1 is 1.39 bits per heavy atom. The van der Waals surface area contributed by atoms with Crippen molar-refractivity contribution in [1.82, 2.24) is 5.32 Å². The van der Waals surface area contributed by atoms with Crippen LogP contribution in [0.4, 0.5) is 0 Å². The molecule has 1 aromatic rings. The van der Waals surface area contributed by atoms with Crippen LogP contribution in [0.1, 0.15) is 25.8 Å². The summed E-state index contributed by atoms with van der Waals surface area (Å²) in [5.74, 6) is 0.622. The van der Waals surface area contributed by atoms with Gasteiger partial charge < -0.3 is 5.32 Å². The van der Waals surface area contributed by atoms with E-state index in [2.05, 4.69) is 19.2 Å². The molecule has 2 nitrogen and oxygen atoms in total. The van der Waals surface area contributed by atoms with Gasteiger partial charge in [0.05, 0.1) is 6.42 Å². The number of nitrogens with one attached hydrogen (secondary N) is 1. The lowest BCUT2D eigenvalue weighted by molar-refractivity contribution is -0.120. The fraction of sp³-hybridized carbons (Fsp3) is 0.500. The molecule has 0 radical (unpaired) electrons. The van der Waals surface area contributed by atoms with E-state index in [4.69, 9.17) is 23.2 Å². The van der Waals surface area contributed by atoms with Crippen molar-refractivity contribution in [2.24, 2.45) is 5.41 Å². The monoisotopic (exact) mass is 287 g/mol. The summed E-state index contributed by atoms with van der Waals surface area (Å²) in [6, 6.07) is 7.36. The highest BCUT2D eigenvalue weighted by atomic mass is 35.5. The zero-order valence-corrected chi connectivity index (χ0v) is 12.3. The van der Waals surface area contributed by atoms with E-state index >= 15 is 0 Å². The highest BCUT2D eigenvalue weighted by Crippen LogP contribution is 2.19. The molecular weight excluding hydrogens is 269 g/mol. The molecule has 0 fully saturated rings. The number of carbonyl (C=O) groups excluding carboxylic acids is 1. The van der Waals surface area contributed by atoms with Gasteiger partial charge in [-0.2, -0.15) is 0 Å². The molecule has 1 rings (SSSR count). The number of halogens is 2. The van der Waals surface area contributed by atoms with E-state index < -0.39 is 0 Å². The zero-order chi connectivity index (χ0) is 13.6. The van der Waals surface area contributed by atoms with Gasteiger partial charge in [-0.25, -0.2) is 0 Å². The molecule has 18 heavy (non-hydrogen) atoms. The number of carbonyl (C=O) groups is 1. The summed E-state index contributed by atoms with van der Waals surface area (Å²) >= 11 is 11.6. The number of rotatable bonds is 6. The Hall–Kier alpha value is -0.730. The molecule has 0 aromatic heterocycles. The lowest BCUT2D eigenvalue weighted by Gasteiger charge is -2.23. The summed E-state index contributed by atoms with van der Waals surface area (Å²) in [6.07, 6.45) is 1.24. The number of benzene rings is 1. The molecule has 4 heteroatoms. The number of hydrogen-bond acceptors (Lipinski definition) is 1. The predicted molar refractivity (Wildman–Crippen MR) is 77.3 cm³/mol. The molecule has 1 aromatic carbocycles. The largest absolute Gasteiger partial charge is 0.355 e. The third-order valence-corrected chi connectivity index (χ3v) is 3.21. The maximum Gasteiger partial charge on any atom is 0.224 e. The average molecular weight is 288 g/mol. The van der Waals surface area contributed by atoms with Gasteiger partial charge in [0.1, 0.15) is 0 Å². The molecular formula is C14H19Cl2NO. The van der Waals surface area contributed by atoms with Crippen LogP contribution in [0.5, 0.6) is 0 Å². The van der Waals surface area contributed by atoms with Gasteiger partial charge in [0.15, 0.2) is 0 Å². The van der Waals surface area contributed by atoms with Crippen LogP contribution in [-0.4, -0.2) is 18.3 Å². The minimum Gasteiger partial charge on any atom is -0.355 e. The van der Waals surface area contributed by atoms with Crippen LogP contribution in [0.25, 0.3) is 0 Å². The van der Waals surface area contributed by atoms with Gasteiger partial charge in [-0.1, -0.05) is 37.6 Å². The van der Waals surface area contributed by atoms with E-state index in [0.717, 1.165) is 12.0 Å². The second-order valence-electron chi connectivity index (χ2n) is 5.19. The molecule has 0 aliphatic carbocycles. The highest BCUT2D eigenvalue weighted by Gasteiger charge is 2.18. The van der Waals surface area contributed by atoms with Crippen LogP contribution in [0.3, 0.4) is 0 Å². The summed E-state index contributed by atoms with van der Waals surface area (Å²) in [5.41, 5.74) is 0.960. The second-order valence-corrected chi connectivity index (χ2v) is 6.00. The minimum absolute atomic E-state index is 0.0138. The van der Waals surface area contributed by atoms with Crippen molar-refractivity contribution < 1.29 is 4.79 Å². The van der Waals surface area contributed by atoms with E-state index in [0.29, 0.717) is 23.9 Å². The molecule has 100 valence electrons. The molecule has 0 saturated heterocycles. The third-order valence-electron chi connectivity index (χ3n) is 2.79. The molecule has 0 aliphatic rings. The maximum absolute atomic E-state index is 11.8. The Kier molecular flexibility index (Phi) is 5.97. The number of hydrogen-bond donors (Lipinski definition) is 1. The molecule has 0 heterocycles. The Balaban J connectivity index is 2.43. The number of amides is 1. The lowest BCUT2D eigenvalue weighted by atomic mass is 9.90. The van der Waals surface area contributed by atoms with Crippen LogP contribution >= 0.6 is 23.2 Å². The first-order chi connectivity index (χ1) is 8.43. The van der Waals surface area contributed by atoms with Gasteiger partial charge >= 0.3 is 0 Å². The van der Waals surface area contributed by atoms with Crippen molar-refractivity contribution >= 4 is 29.1 Å². The summed E-state index contributed by atoms with van der Waals surface area (Å²) in [4.78, 5) is 11.8. The molecule has 0 unspecified atom stereocenters. The Bertz CT molecular complexity index is 405. The van der Waals surface area contributed by atoms with Gasteiger partial charge in [0.2, 0.25) is 5.91 Å². The second kappa shape index (κ2) is 7.01. The fourth-order valence-electron chi connectivity index (χ4n) is 1.58. The summed E-state index contributed by atoms with van der Waals surface area (Å²) in [7, 11) is 0. The van der Waals surface area contributed by atoms with Crippen molar-refractivity contribution in [3.05, 3.63) is 34.9 Å². The normalized spacial score (nSPS) is 11.3. The highest BCUT2D eigenvalue weighted by molar-refractivity contribution is 6.30. The van der Waals surface area contributed by atoms with Gasteiger partial charge in [-0.3, -0.25) is 4.79 Å². The Morgan fingerprint density at radius 2 is 2.11 bits per heavy atom. The average Bonchev–Trinajstić information content (AvgIpc) is 2.26. The zero-order valence-electron chi connectivity index (χ0n) is 10.8. The standard InChI is InChI=1S/C14H19Cl2NO/c1-14(2,6-7-15)10-17-13(18)9-11-4-3-5-12(16)8-11/h3-5,8H,6-7,9-10H2,1-2H3,(H,17,18). The topological polar surface area (TPSA) is 29.1 Å². The van der Waals surface area contributed by atoms with E-state index in [1.165, 1.54) is 0 Å². The summed E-state index contributed by atoms with van der Waals surface area (Å²) < 4.78 is 0. The molecule has 0 spiro atoms. The molecule has 1 N–H and O–H groups in total. The summed E-state index contributed by atoms with van der Waals surface area (Å²) in [6.45, 7) is 4.82. The molecule has 1 amide bonds. The van der Waals surface area contributed by atoms with Gasteiger partial charge in [-0.15, -0.1) is 11.6 Å². The Labute approximate surface area is 119 Å². The molecule has 0 atom stereocenters. The maximum atomic E-state index is 11.8. The van der Waals surface area contributed by atoms with Crippen LogP contribution < -0.4 is 5.32 Å². The molecule has 0 bridgehead atoms. The first-order valence-electron chi connectivity index (χ1n) is 6.00. The predicted octanol–water partition coefficient (Wildman–Crippen LogP) is 3.65. The van der Waals surface area contributed by atoms with Crippen molar-refractivity contribution in [3.63, 3.8) is 0 Å². The SMILES string of the molecule is CC(C)(CCCl)CNC(=O)Cc1cccc(Cl)c1. The summed E-state index contributed by atoms with van der Waals surface area (Å²) in [5, 5.41) is 3.59. The fourth-order valence-corrected chi connectivity index (χ4v) is 2.30. The van der Waals surface area contributed by atoms with E-state index in [1.54, 1.807) is 6.07 Å². The smallest absolute Gasteiger partial charge is 0.224 e. The molecule has 0 aliphatic heterocycles.